The number of hydrogen-bond donors (Lipinski definition) is 0. The van der Waals surface area contributed by atoms with Crippen molar-refractivity contribution in [2.75, 3.05) is 6.54 Å². The van der Waals surface area contributed by atoms with E-state index in [0.717, 1.165) is 16.2 Å². The Hall–Kier alpha value is -1.76. The highest BCUT2D eigenvalue weighted by atomic mass is 32.1. The van der Waals surface area contributed by atoms with Crippen LogP contribution >= 0.6 is 11.3 Å². The molecule has 0 radical (unpaired) electrons. The molecule has 0 unspecified atom stereocenters. The molecule has 2 heterocycles. The highest BCUT2D eigenvalue weighted by Gasteiger charge is 2.34. The minimum absolute atomic E-state index is 0.206. The number of furan rings is 1. The summed E-state index contributed by atoms with van der Waals surface area (Å²) in [5, 5.41) is 1.68. The Morgan fingerprint density at radius 1 is 1.40 bits per heavy atom. The average Bonchev–Trinajstić information content (AvgIpc) is 2.97. The van der Waals surface area contributed by atoms with E-state index in [1.807, 2.05) is 0 Å². The molecule has 0 aliphatic rings. The van der Waals surface area contributed by atoms with Crippen molar-refractivity contribution in [2.45, 2.75) is 19.6 Å². The van der Waals surface area contributed by atoms with Crippen molar-refractivity contribution in [3.05, 3.63) is 46.0 Å². The second kappa shape index (κ2) is 5.70. The number of hydrogen-bond acceptors (Lipinski definition) is 3. The van der Waals surface area contributed by atoms with Crippen LogP contribution in [0.4, 0.5) is 13.2 Å². The molecule has 108 valence electrons. The van der Waals surface area contributed by atoms with E-state index in [-0.39, 0.29) is 6.54 Å². The van der Waals surface area contributed by atoms with Crippen LogP contribution in [0.5, 0.6) is 0 Å². The predicted molar refractivity (Wildman–Crippen MR) is 68.6 cm³/mol. The smallest absolute Gasteiger partial charge is 0.406 e. The van der Waals surface area contributed by atoms with Gasteiger partial charge in [-0.1, -0.05) is 0 Å². The number of thiophene rings is 1. The summed E-state index contributed by atoms with van der Waals surface area (Å²) in [6.07, 6.45) is -3.09. The molecule has 0 spiro atoms. The van der Waals surface area contributed by atoms with Gasteiger partial charge in [-0.25, -0.2) is 0 Å². The summed E-state index contributed by atoms with van der Waals surface area (Å²) in [5.41, 5.74) is 0.673. The Balaban J connectivity index is 2.22. The van der Waals surface area contributed by atoms with Crippen LogP contribution < -0.4 is 0 Å². The van der Waals surface area contributed by atoms with E-state index in [0.29, 0.717) is 16.2 Å². The minimum Gasteiger partial charge on any atom is -0.467 e. The lowest BCUT2D eigenvalue weighted by atomic mass is 10.2. The quantitative estimate of drug-likeness (QED) is 0.859. The normalized spacial score (nSPS) is 11.6. The van der Waals surface area contributed by atoms with Crippen LogP contribution in [0, 0.1) is 6.92 Å². The lowest BCUT2D eigenvalue weighted by molar-refractivity contribution is -0.142. The van der Waals surface area contributed by atoms with Gasteiger partial charge in [0.25, 0.3) is 5.91 Å². The van der Waals surface area contributed by atoms with Crippen molar-refractivity contribution in [1.29, 1.82) is 0 Å². The molecule has 20 heavy (non-hydrogen) atoms. The Bertz CT molecular complexity index is 575. The van der Waals surface area contributed by atoms with Crippen molar-refractivity contribution in [3.8, 4) is 0 Å². The SMILES string of the molecule is Cc1ccsc1C(=O)N(Cc1ccco1)CC(F)(F)F. The van der Waals surface area contributed by atoms with Crippen molar-refractivity contribution in [3.63, 3.8) is 0 Å². The summed E-state index contributed by atoms with van der Waals surface area (Å²) in [6, 6.07) is 4.82. The maximum Gasteiger partial charge on any atom is 0.406 e. The molecular formula is C13H12F3NO2S. The number of rotatable bonds is 4. The van der Waals surface area contributed by atoms with E-state index in [1.54, 1.807) is 24.4 Å². The van der Waals surface area contributed by atoms with Crippen LogP contribution in [0.1, 0.15) is 21.0 Å². The van der Waals surface area contributed by atoms with Crippen LogP contribution in [0.2, 0.25) is 0 Å². The molecule has 0 saturated heterocycles. The average molecular weight is 303 g/mol. The van der Waals surface area contributed by atoms with Crippen molar-refractivity contribution < 1.29 is 22.4 Å². The fourth-order valence-corrected chi connectivity index (χ4v) is 2.63. The topological polar surface area (TPSA) is 33.5 Å². The van der Waals surface area contributed by atoms with E-state index in [1.165, 1.54) is 12.3 Å². The zero-order valence-corrected chi connectivity index (χ0v) is 11.4. The maximum atomic E-state index is 12.6. The molecule has 0 fully saturated rings. The van der Waals surface area contributed by atoms with Gasteiger partial charge in [0.1, 0.15) is 12.3 Å². The Morgan fingerprint density at radius 2 is 2.15 bits per heavy atom. The van der Waals surface area contributed by atoms with Gasteiger partial charge in [-0.3, -0.25) is 4.79 Å². The molecule has 0 aliphatic heterocycles. The molecule has 0 aromatic carbocycles. The van der Waals surface area contributed by atoms with Crippen LogP contribution in [0.25, 0.3) is 0 Å². The predicted octanol–water partition coefficient (Wildman–Crippen LogP) is 3.85. The van der Waals surface area contributed by atoms with E-state index in [2.05, 4.69) is 0 Å². The molecule has 2 rings (SSSR count). The molecular weight excluding hydrogens is 291 g/mol. The number of carbonyl (C=O) groups excluding carboxylic acids is 1. The van der Waals surface area contributed by atoms with Gasteiger partial charge in [0.15, 0.2) is 0 Å². The Morgan fingerprint density at radius 3 is 2.65 bits per heavy atom. The first-order valence-electron chi connectivity index (χ1n) is 5.79. The fraction of sp³-hybridized carbons (Fsp3) is 0.308. The molecule has 0 N–H and O–H groups in total. The number of nitrogens with zero attached hydrogens (tertiary/aromatic N) is 1. The van der Waals surface area contributed by atoms with Crippen molar-refractivity contribution in [1.82, 2.24) is 4.90 Å². The molecule has 0 atom stereocenters. The molecule has 0 saturated carbocycles. The van der Waals surface area contributed by atoms with Gasteiger partial charge in [-0.2, -0.15) is 13.2 Å². The summed E-state index contributed by atoms with van der Waals surface area (Å²) in [6.45, 7) is 0.189. The summed E-state index contributed by atoms with van der Waals surface area (Å²) in [7, 11) is 0. The molecule has 2 aromatic heterocycles. The second-order valence-corrected chi connectivity index (χ2v) is 5.20. The summed E-state index contributed by atoms with van der Waals surface area (Å²) in [5.74, 6) is -0.317. The van der Waals surface area contributed by atoms with Gasteiger partial charge >= 0.3 is 6.18 Å². The third kappa shape index (κ3) is 3.63. The third-order valence-electron chi connectivity index (χ3n) is 2.64. The Labute approximate surface area is 117 Å². The lowest BCUT2D eigenvalue weighted by Crippen LogP contribution is -2.38. The standard InChI is InChI=1S/C13H12F3NO2S/c1-9-4-6-20-11(9)12(18)17(8-13(14,15)16)7-10-3-2-5-19-10/h2-6H,7-8H2,1H3. The first-order chi connectivity index (χ1) is 9.37. The maximum absolute atomic E-state index is 12.6. The summed E-state index contributed by atoms with van der Waals surface area (Å²) < 4.78 is 42.9. The monoisotopic (exact) mass is 303 g/mol. The van der Waals surface area contributed by atoms with Gasteiger partial charge in [0.05, 0.1) is 17.7 Å². The van der Waals surface area contributed by atoms with E-state index in [4.69, 9.17) is 4.42 Å². The van der Waals surface area contributed by atoms with Crippen molar-refractivity contribution >= 4 is 17.2 Å². The molecule has 1 amide bonds. The van der Waals surface area contributed by atoms with E-state index < -0.39 is 18.6 Å². The summed E-state index contributed by atoms with van der Waals surface area (Å²) in [4.78, 5) is 13.3. The number of aryl methyl sites for hydroxylation is 1. The van der Waals surface area contributed by atoms with Crippen LogP contribution in [-0.2, 0) is 6.54 Å². The first-order valence-corrected chi connectivity index (χ1v) is 6.67. The minimum atomic E-state index is -4.45. The van der Waals surface area contributed by atoms with Gasteiger partial charge in [-0.05, 0) is 36.1 Å². The zero-order chi connectivity index (χ0) is 14.8. The fourth-order valence-electron chi connectivity index (χ4n) is 1.74. The number of alkyl halides is 3. The first kappa shape index (κ1) is 14.6. The molecule has 2 aromatic rings. The lowest BCUT2D eigenvalue weighted by Gasteiger charge is -2.22. The molecule has 7 heteroatoms. The molecule has 0 bridgehead atoms. The van der Waals surface area contributed by atoms with Crippen LogP contribution in [0.15, 0.2) is 34.3 Å². The highest BCUT2D eigenvalue weighted by molar-refractivity contribution is 7.12. The van der Waals surface area contributed by atoms with E-state index in [9.17, 15) is 18.0 Å². The zero-order valence-electron chi connectivity index (χ0n) is 10.6. The van der Waals surface area contributed by atoms with Gasteiger partial charge in [0.2, 0.25) is 0 Å². The van der Waals surface area contributed by atoms with Gasteiger partial charge in [0, 0.05) is 0 Å². The molecule has 0 aliphatic carbocycles. The summed E-state index contributed by atoms with van der Waals surface area (Å²) >= 11 is 1.14. The van der Waals surface area contributed by atoms with E-state index >= 15 is 0 Å². The van der Waals surface area contributed by atoms with Crippen molar-refractivity contribution in [2.24, 2.45) is 0 Å². The van der Waals surface area contributed by atoms with Gasteiger partial charge in [-0.15, -0.1) is 11.3 Å². The Kier molecular flexibility index (Phi) is 4.17. The highest BCUT2D eigenvalue weighted by Crippen LogP contribution is 2.23. The second-order valence-electron chi connectivity index (χ2n) is 4.29. The van der Waals surface area contributed by atoms with Crippen LogP contribution in [0.3, 0.4) is 0 Å². The number of amides is 1. The van der Waals surface area contributed by atoms with Crippen LogP contribution in [-0.4, -0.2) is 23.5 Å². The van der Waals surface area contributed by atoms with Gasteiger partial charge < -0.3 is 9.32 Å². The molecule has 3 nitrogen and oxygen atoms in total. The third-order valence-corrected chi connectivity index (χ3v) is 3.64. The number of carbonyl (C=O) groups is 1. The number of halogens is 3. The largest absolute Gasteiger partial charge is 0.467 e.